The van der Waals surface area contributed by atoms with Crippen molar-refractivity contribution in [2.75, 3.05) is 36.9 Å². The van der Waals surface area contributed by atoms with Gasteiger partial charge < -0.3 is 20.5 Å². The van der Waals surface area contributed by atoms with Crippen LogP contribution in [-0.4, -0.2) is 48.2 Å². The Kier molecular flexibility index (Phi) is 5.95. The average molecular weight is 462 g/mol. The number of carbonyl (C=O) groups is 2. The maximum atomic E-state index is 13.0. The maximum Gasteiger partial charge on any atom is 0.335 e. The summed E-state index contributed by atoms with van der Waals surface area (Å²) in [6.07, 6.45) is 0. The van der Waals surface area contributed by atoms with E-state index in [-0.39, 0.29) is 11.5 Å². The third kappa shape index (κ3) is 4.54. The van der Waals surface area contributed by atoms with Gasteiger partial charge in [0, 0.05) is 47.5 Å². The van der Waals surface area contributed by atoms with E-state index in [1.54, 1.807) is 12.1 Å². The van der Waals surface area contributed by atoms with Crippen LogP contribution >= 0.6 is 11.3 Å². The molecular weight excluding hydrogens is 438 g/mol. The Balaban J connectivity index is 1.53. The lowest BCUT2D eigenvalue weighted by molar-refractivity contribution is -0.110. The summed E-state index contributed by atoms with van der Waals surface area (Å²) >= 11 is 1.54. The van der Waals surface area contributed by atoms with Gasteiger partial charge in [-0.05, 0) is 47.3 Å². The molecule has 7 nitrogen and oxygen atoms in total. The smallest absolute Gasteiger partial charge is 0.335 e. The fraction of sp³-hybridized carbons (Fsp3) is 0.200. The van der Waals surface area contributed by atoms with E-state index >= 15 is 0 Å². The van der Waals surface area contributed by atoms with Crippen molar-refractivity contribution < 1.29 is 19.4 Å². The minimum Gasteiger partial charge on any atom is -0.478 e. The summed E-state index contributed by atoms with van der Waals surface area (Å²) in [5.74, 6) is -1.29. The van der Waals surface area contributed by atoms with Crippen LogP contribution in [0.4, 0.5) is 11.4 Å². The summed E-state index contributed by atoms with van der Waals surface area (Å²) in [6, 6.07) is 14.8. The highest BCUT2D eigenvalue weighted by molar-refractivity contribution is 7.08. The Labute approximate surface area is 195 Å². The zero-order valence-electron chi connectivity index (χ0n) is 17.8. The molecular formula is C25H23N3O4S. The molecule has 168 valence electrons. The molecule has 2 aromatic carbocycles. The number of thiophene rings is 1. The number of benzene rings is 2. The highest BCUT2D eigenvalue weighted by Crippen LogP contribution is 2.38. The normalized spacial score (nSPS) is 17.4. The molecule has 0 radical (unpaired) electrons. The fourth-order valence-corrected chi connectivity index (χ4v) is 4.79. The Morgan fingerprint density at radius 2 is 1.97 bits per heavy atom. The molecule has 0 aliphatic carbocycles. The number of fused-ring (bicyclic) bond motifs is 1. The van der Waals surface area contributed by atoms with Crippen molar-refractivity contribution in [3.8, 4) is 0 Å². The number of anilines is 2. The minimum absolute atomic E-state index is 0.139. The number of nitrogens with zero attached hydrogens (tertiary/aromatic N) is 1. The lowest BCUT2D eigenvalue weighted by Gasteiger charge is -2.26. The van der Waals surface area contributed by atoms with Crippen LogP contribution in [-0.2, 0) is 16.1 Å². The van der Waals surface area contributed by atoms with Gasteiger partial charge in [-0.1, -0.05) is 12.1 Å². The molecule has 5 rings (SSSR count). The van der Waals surface area contributed by atoms with Crippen LogP contribution in [0.3, 0.4) is 0 Å². The van der Waals surface area contributed by atoms with Crippen molar-refractivity contribution in [3.05, 3.63) is 81.5 Å². The van der Waals surface area contributed by atoms with Crippen molar-refractivity contribution in [1.82, 2.24) is 4.90 Å². The summed E-state index contributed by atoms with van der Waals surface area (Å²) in [7, 11) is 0. The monoisotopic (exact) mass is 461 g/mol. The number of amides is 1. The van der Waals surface area contributed by atoms with Gasteiger partial charge in [-0.25, -0.2) is 4.79 Å². The molecule has 0 bridgehead atoms. The van der Waals surface area contributed by atoms with Crippen LogP contribution in [0.1, 0.15) is 27.0 Å². The maximum absolute atomic E-state index is 13.0. The quantitative estimate of drug-likeness (QED) is 0.477. The Bertz CT molecular complexity index is 1230. The van der Waals surface area contributed by atoms with Crippen LogP contribution in [0.15, 0.2) is 59.3 Å². The molecule has 8 heteroatoms. The first kappa shape index (κ1) is 21.4. The van der Waals surface area contributed by atoms with E-state index in [1.165, 1.54) is 23.0 Å². The summed E-state index contributed by atoms with van der Waals surface area (Å²) in [6.45, 7) is 4.14. The second-order valence-electron chi connectivity index (χ2n) is 8.00. The summed E-state index contributed by atoms with van der Waals surface area (Å²) in [5, 5.41) is 19.7. The number of carboxylic acid groups (broad SMARTS) is 1. The van der Waals surface area contributed by atoms with Crippen LogP contribution in [0.25, 0.3) is 11.3 Å². The van der Waals surface area contributed by atoms with Gasteiger partial charge in [0.15, 0.2) is 0 Å². The van der Waals surface area contributed by atoms with Crippen LogP contribution in [0, 0.1) is 0 Å². The Morgan fingerprint density at radius 3 is 2.73 bits per heavy atom. The second kappa shape index (κ2) is 9.19. The summed E-state index contributed by atoms with van der Waals surface area (Å²) in [5.41, 5.74) is 5.32. The molecule has 33 heavy (non-hydrogen) atoms. The number of hydrogen-bond acceptors (Lipinski definition) is 6. The van der Waals surface area contributed by atoms with E-state index in [1.807, 2.05) is 29.0 Å². The van der Waals surface area contributed by atoms with E-state index in [4.69, 9.17) is 4.74 Å². The molecule has 3 aromatic rings. The standard InChI is InChI=1S/C25H23N3O4S/c29-24-22(20-13-17(25(30)31)4-5-21(20)27-24)23(18-6-11-33-15-18)26-19-3-1-2-16(12-19)14-28-7-9-32-10-8-28/h1-6,11-13,15,26H,7-10,14H2,(H,27,29)(H,30,31). The van der Waals surface area contributed by atoms with Crippen molar-refractivity contribution in [2.24, 2.45) is 0 Å². The van der Waals surface area contributed by atoms with E-state index in [9.17, 15) is 14.7 Å². The molecule has 3 N–H and O–H groups in total. The largest absolute Gasteiger partial charge is 0.478 e. The molecule has 1 aromatic heterocycles. The molecule has 0 spiro atoms. The number of hydrogen-bond donors (Lipinski definition) is 3. The van der Waals surface area contributed by atoms with Crippen molar-refractivity contribution in [2.45, 2.75) is 6.54 Å². The van der Waals surface area contributed by atoms with Gasteiger partial charge in [-0.2, -0.15) is 11.3 Å². The first-order valence-corrected chi connectivity index (χ1v) is 11.6. The fourth-order valence-electron chi connectivity index (χ4n) is 4.14. The van der Waals surface area contributed by atoms with Crippen LogP contribution in [0.2, 0.25) is 0 Å². The second-order valence-corrected chi connectivity index (χ2v) is 8.78. The van der Waals surface area contributed by atoms with E-state index < -0.39 is 5.97 Å². The van der Waals surface area contributed by atoms with Gasteiger partial charge in [-0.3, -0.25) is 9.69 Å². The van der Waals surface area contributed by atoms with Gasteiger partial charge in [0.05, 0.1) is 30.0 Å². The van der Waals surface area contributed by atoms with E-state index in [0.29, 0.717) is 22.5 Å². The van der Waals surface area contributed by atoms with Crippen molar-refractivity contribution in [3.63, 3.8) is 0 Å². The average Bonchev–Trinajstić information content (AvgIpc) is 3.46. The number of morpholine rings is 1. The van der Waals surface area contributed by atoms with E-state index in [0.717, 1.165) is 44.1 Å². The van der Waals surface area contributed by atoms with Gasteiger partial charge in [0.2, 0.25) is 0 Å². The number of ether oxygens (including phenoxy) is 1. The molecule has 1 saturated heterocycles. The van der Waals surface area contributed by atoms with Gasteiger partial charge in [0.1, 0.15) is 0 Å². The zero-order chi connectivity index (χ0) is 22.8. The van der Waals surface area contributed by atoms with Crippen LogP contribution < -0.4 is 10.6 Å². The van der Waals surface area contributed by atoms with Gasteiger partial charge in [-0.15, -0.1) is 0 Å². The molecule has 0 saturated carbocycles. The number of carboxylic acids is 1. The Hall–Kier alpha value is -3.46. The predicted octanol–water partition coefficient (Wildman–Crippen LogP) is 4.21. The van der Waals surface area contributed by atoms with Gasteiger partial charge in [0.25, 0.3) is 5.91 Å². The highest BCUT2D eigenvalue weighted by Gasteiger charge is 2.29. The summed E-state index contributed by atoms with van der Waals surface area (Å²) in [4.78, 5) is 26.9. The minimum atomic E-state index is -1.03. The Morgan fingerprint density at radius 1 is 1.12 bits per heavy atom. The number of nitrogens with one attached hydrogen (secondary N) is 2. The third-order valence-corrected chi connectivity index (χ3v) is 6.46. The lowest BCUT2D eigenvalue weighted by atomic mass is 9.99. The summed E-state index contributed by atoms with van der Waals surface area (Å²) < 4.78 is 5.44. The highest BCUT2D eigenvalue weighted by atomic mass is 32.1. The number of carbonyl (C=O) groups excluding carboxylic acids is 1. The predicted molar refractivity (Wildman–Crippen MR) is 129 cm³/mol. The zero-order valence-corrected chi connectivity index (χ0v) is 18.7. The molecule has 3 heterocycles. The first-order chi connectivity index (χ1) is 16.1. The topological polar surface area (TPSA) is 90.9 Å². The molecule has 0 unspecified atom stereocenters. The van der Waals surface area contributed by atoms with E-state index in [2.05, 4.69) is 27.7 Å². The molecule has 1 fully saturated rings. The number of aromatic carboxylic acids is 1. The SMILES string of the molecule is O=C1Nc2ccc(C(=O)O)cc2C1=C(Nc1cccc(CN2CCOCC2)c1)c1ccsc1. The number of rotatable bonds is 6. The lowest BCUT2D eigenvalue weighted by Crippen LogP contribution is -2.35. The van der Waals surface area contributed by atoms with Crippen molar-refractivity contribution in [1.29, 1.82) is 0 Å². The molecule has 2 aliphatic rings. The molecule has 1 amide bonds. The molecule has 2 aliphatic heterocycles. The third-order valence-electron chi connectivity index (χ3n) is 5.78. The van der Waals surface area contributed by atoms with Crippen LogP contribution in [0.5, 0.6) is 0 Å². The van der Waals surface area contributed by atoms with Gasteiger partial charge >= 0.3 is 5.97 Å². The van der Waals surface area contributed by atoms with Crippen molar-refractivity contribution >= 4 is 45.9 Å². The molecule has 0 atom stereocenters. The first-order valence-electron chi connectivity index (χ1n) is 10.7.